The molecule has 0 aromatic heterocycles. The average molecular weight is 260 g/mol. The zero-order valence-corrected chi connectivity index (χ0v) is 11.5. The minimum atomic E-state index is 0.254. The number of hydrogen-bond donors (Lipinski definition) is 0. The smallest absolute Gasteiger partial charge is 0.159 e. The highest BCUT2D eigenvalue weighted by Gasteiger charge is 2.23. The fourth-order valence-electron chi connectivity index (χ4n) is 2.43. The SMILES string of the molecule is COCC1CC/C(=C/c2ccc(OC)cc2)C(=O)C1. The van der Waals surface area contributed by atoms with Gasteiger partial charge in [-0.15, -0.1) is 0 Å². The Morgan fingerprint density at radius 3 is 2.58 bits per heavy atom. The molecule has 1 aliphatic rings. The van der Waals surface area contributed by atoms with Crippen molar-refractivity contribution >= 4 is 11.9 Å². The highest BCUT2D eigenvalue weighted by atomic mass is 16.5. The van der Waals surface area contributed by atoms with Gasteiger partial charge in [-0.2, -0.15) is 0 Å². The van der Waals surface area contributed by atoms with E-state index in [9.17, 15) is 4.79 Å². The topological polar surface area (TPSA) is 35.5 Å². The molecule has 0 N–H and O–H groups in total. The van der Waals surface area contributed by atoms with Crippen molar-refractivity contribution in [1.82, 2.24) is 0 Å². The molecule has 0 amide bonds. The minimum absolute atomic E-state index is 0.254. The van der Waals surface area contributed by atoms with E-state index in [2.05, 4.69) is 0 Å². The normalized spacial score (nSPS) is 21.7. The molecule has 1 aromatic rings. The molecule has 1 aliphatic carbocycles. The summed E-state index contributed by atoms with van der Waals surface area (Å²) in [5.74, 6) is 1.46. The molecule has 1 aromatic carbocycles. The molecule has 0 spiro atoms. The first-order valence-corrected chi connectivity index (χ1v) is 6.59. The van der Waals surface area contributed by atoms with Crippen LogP contribution in [0.4, 0.5) is 0 Å². The average Bonchev–Trinajstić information content (AvgIpc) is 2.43. The summed E-state index contributed by atoms with van der Waals surface area (Å²) < 4.78 is 10.2. The Bertz CT molecular complexity index is 459. The number of methoxy groups -OCH3 is 2. The second kappa shape index (κ2) is 6.53. The van der Waals surface area contributed by atoms with E-state index in [0.717, 1.165) is 29.7 Å². The van der Waals surface area contributed by atoms with Crippen molar-refractivity contribution in [3.63, 3.8) is 0 Å². The zero-order chi connectivity index (χ0) is 13.7. The number of benzene rings is 1. The maximum Gasteiger partial charge on any atom is 0.159 e. The number of ether oxygens (including phenoxy) is 2. The van der Waals surface area contributed by atoms with Gasteiger partial charge in [0.2, 0.25) is 0 Å². The van der Waals surface area contributed by atoms with Crippen molar-refractivity contribution in [1.29, 1.82) is 0 Å². The fourth-order valence-corrected chi connectivity index (χ4v) is 2.43. The van der Waals surface area contributed by atoms with Crippen LogP contribution in [0, 0.1) is 5.92 Å². The van der Waals surface area contributed by atoms with Crippen LogP contribution in [0.3, 0.4) is 0 Å². The van der Waals surface area contributed by atoms with E-state index in [0.29, 0.717) is 18.9 Å². The molecule has 1 saturated carbocycles. The monoisotopic (exact) mass is 260 g/mol. The van der Waals surface area contributed by atoms with Crippen molar-refractivity contribution < 1.29 is 14.3 Å². The van der Waals surface area contributed by atoms with Crippen molar-refractivity contribution in [3.8, 4) is 5.75 Å². The summed E-state index contributed by atoms with van der Waals surface area (Å²) in [4.78, 5) is 12.1. The maximum absolute atomic E-state index is 12.1. The van der Waals surface area contributed by atoms with Crippen molar-refractivity contribution in [3.05, 3.63) is 35.4 Å². The third kappa shape index (κ3) is 3.67. The third-order valence-electron chi connectivity index (χ3n) is 3.51. The molecule has 3 heteroatoms. The van der Waals surface area contributed by atoms with E-state index in [-0.39, 0.29) is 5.78 Å². The number of carbonyl (C=O) groups is 1. The standard InChI is InChI=1S/C16H20O3/c1-18-11-13-3-6-14(16(17)10-13)9-12-4-7-15(19-2)8-5-12/h4-5,7-9,13H,3,6,10-11H2,1-2H3/b14-9-. The summed E-state index contributed by atoms with van der Waals surface area (Å²) in [6.07, 6.45) is 4.47. The number of carbonyl (C=O) groups excluding carboxylic acids is 1. The van der Waals surface area contributed by atoms with Gasteiger partial charge in [0, 0.05) is 20.1 Å². The Morgan fingerprint density at radius 2 is 2.00 bits per heavy atom. The van der Waals surface area contributed by atoms with E-state index >= 15 is 0 Å². The van der Waals surface area contributed by atoms with Crippen LogP contribution in [0.2, 0.25) is 0 Å². The molecular formula is C16H20O3. The first-order chi connectivity index (χ1) is 9.22. The summed E-state index contributed by atoms with van der Waals surface area (Å²) in [5, 5.41) is 0. The molecule has 0 aliphatic heterocycles. The highest BCUT2D eigenvalue weighted by Crippen LogP contribution is 2.27. The lowest BCUT2D eigenvalue weighted by Gasteiger charge is -2.22. The second-order valence-corrected chi connectivity index (χ2v) is 4.93. The van der Waals surface area contributed by atoms with Gasteiger partial charge in [0.25, 0.3) is 0 Å². The molecule has 2 rings (SSSR count). The van der Waals surface area contributed by atoms with E-state index in [1.54, 1.807) is 14.2 Å². The van der Waals surface area contributed by atoms with Gasteiger partial charge in [-0.25, -0.2) is 0 Å². The van der Waals surface area contributed by atoms with Gasteiger partial charge in [-0.3, -0.25) is 4.79 Å². The van der Waals surface area contributed by atoms with Crippen molar-refractivity contribution in [2.45, 2.75) is 19.3 Å². The maximum atomic E-state index is 12.1. The summed E-state index contributed by atoms with van der Waals surface area (Å²) in [6.45, 7) is 0.682. The Balaban J connectivity index is 2.05. The number of hydrogen-bond acceptors (Lipinski definition) is 3. The fraction of sp³-hybridized carbons (Fsp3) is 0.438. The Labute approximate surface area is 114 Å². The van der Waals surface area contributed by atoms with Crippen LogP contribution in [0.5, 0.6) is 5.75 Å². The summed E-state index contributed by atoms with van der Waals surface area (Å²) in [5.41, 5.74) is 1.98. The molecule has 0 radical (unpaired) electrons. The zero-order valence-electron chi connectivity index (χ0n) is 11.5. The molecule has 0 heterocycles. The van der Waals surface area contributed by atoms with Gasteiger partial charge in [-0.05, 0) is 48.1 Å². The predicted molar refractivity (Wildman–Crippen MR) is 75.2 cm³/mol. The molecule has 0 saturated heterocycles. The van der Waals surface area contributed by atoms with E-state index in [1.165, 1.54) is 0 Å². The number of allylic oxidation sites excluding steroid dienone is 1. The Hall–Kier alpha value is -1.61. The number of Topliss-reactive ketones (excluding diaryl/α,β-unsaturated/α-hetero) is 1. The first kappa shape index (κ1) is 13.8. The predicted octanol–water partition coefficient (Wildman–Crippen LogP) is 3.09. The third-order valence-corrected chi connectivity index (χ3v) is 3.51. The largest absolute Gasteiger partial charge is 0.497 e. The molecule has 1 unspecified atom stereocenters. The molecule has 1 fully saturated rings. The van der Waals surface area contributed by atoms with Gasteiger partial charge < -0.3 is 9.47 Å². The lowest BCUT2D eigenvalue weighted by molar-refractivity contribution is -0.118. The molecule has 19 heavy (non-hydrogen) atoms. The molecule has 0 bridgehead atoms. The molecule has 102 valence electrons. The van der Waals surface area contributed by atoms with Gasteiger partial charge >= 0.3 is 0 Å². The van der Waals surface area contributed by atoms with Crippen molar-refractivity contribution in [2.75, 3.05) is 20.8 Å². The van der Waals surface area contributed by atoms with Gasteiger partial charge in [0.05, 0.1) is 7.11 Å². The quantitative estimate of drug-likeness (QED) is 0.780. The van der Waals surface area contributed by atoms with Crippen LogP contribution in [0.25, 0.3) is 6.08 Å². The van der Waals surface area contributed by atoms with Crippen LogP contribution < -0.4 is 4.74 Å². The van der Waals surface area contributed by atoms with Crippen LogP contribution in [-0.2, 0) is 9.53 Å². The number of ketones is 1. The van der Waals surface area contributed by atoms with Gasteiger partial charge in [0.15, 0.2) is 5.78 Å². The van der Waals surface area contributed by atoms with E-state index in [4.69, 9.17) is 9.47 Å². The lowest BCUT2D eigenvalue weighted by atomic mass is 9.84. The highest BCUT2D eigenvalue weighted by molar-refractivity contribution is 6.00. The van der Waals surface area contributed by atoms with Gasteiger partial charge in [-0.1, -0.05) is 12.1 Å². The Kier molecular flexibility index (Phi) is 4.74. The van der Waals surface area contributed by atoms with Crippen LogP contribution in [0.1, 0.15) is 24.8 Å². The van der Waals surface area contributed by atoms with Crippen LogP contribution >= 0.6 is 0 Å². The number of rotatable bonds is 4. The van der Waals surface area contributed by atoms with Crippen LogP contribution in [-0.4, -0.2) is 26.6 Å². The van der Waals surface area contributed by atoms with Crippen LogP contribution in [0.15, 0.2) is 29.8 Å². The van der Waals surface area contributed by atoms with Gasteiger partial charge in [0.1, 0.15) is 5.75 Å². The Morgan fingerprint density at radius 1 is 1.26 bits per heavy atom. The molecule has 1 atom stereocenters. The summed E-state index contributed by atoms with van der Waals surface area (Å²) in [7, 11) is 3.33. The molecular weight excluding hydrogens is 240 g/mol. The lowest BCUT2D eigenvalue weighted by Crippen LogP contribution is -2.21. The summed E-state index contributed by atoms with van der Waals surface area (Å²) >= 11 is 0. The van der Waals surface area contributed by atoms with E-state index < -0.39 is 0 Å². The second-order valence-electron chi connectivity index (χ2n) is 4.93. The molecule has 3 nitrogen and oxygen atoms in total. The van der Waals surface area contributed by atoms with E-state index in [1.807, 2.05) is 30.3 Å². The minimum Gasteiger partial charge on any atom is -0.497 e. The van der Waals surface area contributed by atoms with Crippen molar-refractivity contribution in [2.24, 2.45) is 5.92 Å². The first-order valence-electron chi connectivity index (χ1n) is 6.59. The summed E-state index contributed by atoms with van der Waals surface area (Å²) in [6, 6.07) is 7.77.